The van der Waals surface area contributed by atoms with Crippen LogP contribution in [0.25, 0.3) is 0 Å². The van der Waals surface area contributed by atoms with Crippen LogP contribution in [0.4, 0.5) is 0 Å². The van der Waals surface area contributed by atoms with E-state index in [1.165, 1.54) is 19.4 Å². The van der Waals surface area contributed by atoms with Crippen LogP contribution in [-0.2, 0) is 0 Å². The van der Waals surface area contributed by atoms with Crippen molar-refractivity contribution < 1.29 is 0 Å². The summed E-state index contributed by atoms with van der Waals surface area (Å²) in [4.78, 5) is 2.42. The lowest BCUT2D eigenvalue weighted by Crippen LogP contribution is -2.35. The molecule has 2 nitrogen and oxygen atoms in total. The topological polar surface area (TPSA) is 15.3 Å². The van der Waals surface area contributed by atoms with E-state index < -0.39 is 0 Å². The van der Waals surface area contributed by atoms with E-state index in [2.05, 4.69) is 45.0 Å². The van der Waals surface area contributed by atoms with Gasteiger partial charge in [0.2, 0.25) is 0 Å². The fourth-order valence-corrected chi connectivity index (χ4v) is 1.40. The van der Waals surface area contributed by atoms with Gasteiger partial charge in [-0.05, 0) is 26.3 Å². The molecule has 2 unspecified atom stereocenters. The second-order valence-corrected chi connectivity index (χ2v) is 4.54. The average Bonchev–Trinajstić information content (AvgIpc) is 2.17. The largest absolute Gasteiger partial charge is 0.313 e. The summed E-state index contributed by atoms with van der Waals surface area (Å²) < 4.78 is 0. The fourth-order valence-electron chi connectivity index (χ4n) is 1.40. The maximum atomic E-state index is 3.51. The molecular formula is C12H28N2. The predicted octanol–water partition coefficient (Wildman–Crippen LogP) is 2.35. The number of hydrogen-bond acceptors (Lipinski definition) is 2. The van der Waals surface area contributed by atoms with Crippen molar-refractivity contribution in [3.63, 3.8) is 0 Å². The molecule has 0 bridgehead atoms. The van der Waals surface area contributed by atoms with Gasteiger partial charge in [-0.2, -0.15) is 0 Å². The molecule has 0 spiro atoms. The Hall–Kier alpha value is -0.0800. The Balaban J connectivity index is 3.39. The second kappa shape index (κ2) is 8.25. The monoisotopic (exact) mass is 200 g/mol. The summed E-state index contributed by atoms with van der Waals surface area (Å²) in [5.41, 5.74) is 0. The van der Waals surface area contributed by atoms with E-state index in [0.717, 1.165) is 19.0 Å². The van der Waals surface area contributed by atoms with Crippen LogP contribution in [0.2, 0.25) is 0 Å². The zero-order valence-electron chi connectivity index (χ0n) is 10.6. The van der Waals surface area contributed by atoms with Gasteiger partial charge in [0.1, 0.15) is 0 Å². The van der Waals surface area contributed by atoms with E-state index in [-0.39, 0.29) is 0 Å². The molecule has 14 heavy (non-hydrogen) atoms. The van der Waals surface area contributed by atoms with Gasteiger partial charge in [-0.25, -0.2) is 0 Å². The molecule has 86 valence electrons. The van der Waals surface area contributed by atoms with Gasteiger partial charge >= 0.3 is 0 Å². The molecule has 0 aromatic rings. The Bertz CT molecular complexity index is 125. The van der Waals surface area contributed by atoms with E-state index in [9.17, 15) is 0 Å². The van der Waals surface area contributed by atoms with E-state index in [1.807, 2.05) is 0 Å². The maximum Gasteiger partial charge on any atom is 0.0104 e. The first-order chi connectivity index (χ1) is 6.60. The van der Waals surface area contributed by atoms with Gasteiger partial charge in [-0.1, -0.05) is 27.2 Å². The van der Waals surface area contributed by atoms with Crippen molar-refractivity contribution in [2.45, 2.75) is 46.6 Å². The third-order valence-electron chi connectivity index (χ3n) is 2.92. The van der Waals surface area contributed by atoms with Gasteiger partial charge in [0, 0.05) is 25.7 Å². The van der Waals surface area contributed by atoms with Crippen molar-refractivity contribution in [1.29, 1.82) is 0 Å². The first-order valence-electron chi connectivity index (χ1n) is 6.02. The SMILES string of the molecule is CCC(C)CN(C)CCNC(C)CC. The molecule has 2 atom stereocenters. The minimum Gasteiger partial charge on any atom is -0.313 e. The van der Waals surface area contributed by atoms with Crippen LogP contribution in [0.5, 0.6) is 0 Å². The Morgan fingerprint density at radius 2 is 1.79 bits per heavy atom. The van der Waals surface area contributed by atoms with Crippen molar-refractivity contribution >= 4 is 0 Å². The Morgan fingerprint density at radius 1 is 1.14 bits per heavy atom. The summed E-state index contributed by atoms with van der Waals surface area (Å²) in [6.45, 7) is 12.5. The van der Waals surface area contributed by atoms with E-state index >= 15 is 0 Å². The van der Waals surface area contributed by atoms with E-state index in [4.69, 9.17) is 0 Å². The molecule has 0 amide bonds. The van der Waals surface area contributed by atoms with Gasteiger partial charge in [-0.3, -0.25) is 0 Å². The standard InChI is InChI=1S/C12H28N2/c1-6-11(3)10-14(5)9-8-13-12(4)7-2/h11-13H,6-10H2,1-5H3. The highest BCUT2D eigenvalue weighted by molar-refractivity contribution is 4.62. The van der Waals surface area contributed by atoms with Gasteiger partial charge < -0.3 is 10.2 Å². The molecule has 1 N–H and O–H groups in total. The van der Waals surface area contributed by atoms with Gasteiger partial charge in [-0.15, -0.1) is 0 Å². The summed E-state index contributed by atoms with van der Waals surface area (Å²) in [5, 5.41) is 3.51. The second-order valence-electron chi connectivity index (χ2n) is 4.54. The first kappa shape index (κ1) is 13.9. The van der Waals surface area contributed by atoms with Crippen LogP contribution in [0.1, 0.15) is 40.5 Å². The molecule has 0 aromatic carbocycles. The van der Waals surface area contributed by atoms with Crippen molar-refractivity contribution in [2.24, 2.45) is 5.92 Å². The van der Waals surface area contributed by atoms with Gasteiger partial charge in [0.15, 0.2) is 0 Å². The Morgan fingerprint density at radius 3 is 2.29 bits per heavy atom. The lowest BCUT2D eigenvalue weighted by atomic mass is 10.1. The zero-order chi connectivity index (χ0) is 11.0. The zero-order valence-corrected chi connectivity index (χ0v) is 10.6. The minimum absolute atomic E-state index is 0.659. The molecule has 0 saturated carbocycles. The molecule has 0 aromatic heterocycles. The van der Waals surface area contributed by atoms with E-state index in [1.54, 1.807) is 0 Å². The molecule has 0 aliphatic rings. The lowest BCUT2D eigenvalue weighted by molar-refractivity contribution is 0.277. The molecule has 0 radical (unpaired) electrons. The van der Waals surface area contributed by atoms with Crippen LogP contribution in [0.15, 0.2) is 0 Å². The molecule has 2 heteroatoms. The van der Waals surface area contributed by atoms with Gasteiger partial charge in [0.25, 0.3) is 0 Å². The third-order valence-corrected chi connectivity index (χ3v) is 2.92. The molecule has 0 heterocycles. The first-order valence-corrected chi connectivity index (χ1v) is 6.02. The van der Waals surface area contributed by atoms with Crippen LogP contribution >= 0.6 is 0 Å². The summed E-state index contributed by atoms with van der Waals surface area (Å²) >= 11 is 0. The predicted molar refractivity (Wildman–Crippen MR) is 64.7 cm³/mol. The Kier molecular flexibility index (Phi) is 8.20. The van der Waals surface area contributed by atoms with Crippen molar-refractivity contribution in [3.8, 4) is 0 Å². The summed E-state index contributed by atoms with van der Waals surface area (Å²) in [6.07, 6.45) is 2.50. The molecule has 0 saturated heterocycles. The molecule has 0 aliphatic carbocycles. The summed E-state index contributed by atoms with van der Waals surface area (Å²) in [7, 11) is 2.21. The highest BCUT2D eigenvalue weighted by Crippen LogP contribution is 2.01. The lowest BCUT2D eigenvalue weighted by Gasteiger charge is -2.21. The number of rotatable bonds is 8. The van der Waals surface area contributed by atoms with Crippen LogP contribution in [-0.4, -0.2) is 37.6 Å². The third kappa shape index (κ3) is 7.34. The molecule has 0 aliphatic heterocycles. The quantitative estimate of drug-likeness (QED) is 0.647. The molecule has 0 rings (SSSR count). The van der Waals surface area contributed by atoms with Crippen LogP contribution < -0.4 is 5.32 Å². The smallest absolute Gasteiger partial charge is 0.0104 e. The number of nitrogens with zero attached hydrogens (tertiary/aromatic N) is 1. The summed E-state index contributed by atoms with van der Waals surface area (Å²) in [5.74, 6) is 0.823. The number of likely N-dealkylation sites (N-methyl/N-ethyl adjacent to an activating group) is 1. The minimum atomic E-state index is 0.659. The molecule has 0 fully saturated rings. The van der Waals surface area contributed by atoms with Crippen LogP contribution in [0.3, 0.4) is 0 Å². The van der Waals surface area contributed by atoms with Crippen molar-refractivity contribution in [1.82, 2.24) is 10.2 Å². The van der Waals surface area contributed by atoms with Crippen molar-refractivity contribution in [2.75, 3.05) is 26.7 Å². The van der Waals surface area contributed by atoms with Crippen molar-refractivity contribution in [3.05, 3.63) is 0 Å². The van der Waals surface area contributed by atoms with Gasteiger partial charge in [0.05, 0.1) is 0 Å². The maximum absolute atomic E-state index is 3.51. The highest BCUT2D eigenvalue weighted by atomic mass is 15.1. The number of hydrogen-bond donors (Lipinski definition) is 1. The fraction of sp³-hybridized carbons (Fsp3) is 1.00. The highest BCUT2D eigenvalue weighted by Gasteiger charge is 2.04. The van der Waals surface area contributed by atoms with Crippen LogP contribution in [0, 0.1) is 5.92 Å². The average molecular weight is 200 g/mol. The normalized spacial score (nSPS) is 15.9. The molecular weight excluding hydrogens is 172 g/mol. The summed E-state index contributed by atoms with van der Waals surface area (Å²) in [6, 6.07) is 0.659. The Labute approximate surface area is 90.1 Å². The van der Waals surface area contributed by atoms with E-state index in [0.29, 0.717) is 6.04 Å². The number of nitrogens with one attached hydrogen (secondary N) is 1.